The van der Waals surface area contributed by atoms with Crippen molar-refractivity contribution >= 4 is 5.97 Å². The highest BCUT2D eigenvalue weighted by molar-refractivity contribution is 5.88. The zero-order chi connectivity index (χ0) is 13.8. The lowest BCUT2D eigenvalue weighted by molar-refractivity contribution is 0.0518. The molecular formula is C14H16N2O3. The Morgan fingerprint density at radius 2 is 2.00 bits per heavy atom. The van der Waals surface area contributed by atoms with E-state index >= 15 is 0 Å². The van der Waals surface area contributed by atoms with Gasteiger partial charge >= 0.3 is 5.97 Å². The molecule has 0 atom stereocenters. The molecule has 2 rings (SSSR count). The van der Waals surface area contributed by atoms with E-state index in [4.69, 9.17) is 9.47 Å². The average Bonchev–Trinajstić information content (AvgIpc) is 2.81. The molecule has 0 N–H and O–H groups in total. The minimum atomic E-state index is -0.405. The van der Waals surface area contributed by atoms with Gasteiger partial charge in [0.25, 0.3) is 0 Å². The number of methoxy groups -OCH3 is 1. The van der Waals surface area contributed by atoms with Gasteiger partial charge in [-0.3, -0.25) is 4.68 Å². The van der Waals surface area contributed by atoms with Crippen LogP contribution in [-0.4, -0.2) is 29.5 Å². The van der Waals surface area contributed by atoms with Gasteiger partial charge in [0.1, 0.15) is 5.75 Å². The second kappa shape index (κ2) is 5.56. The largest absolute Gasteiger partial charge is 0.497 e. The summed E-state index contributed by atoms with van der Waals surface area (Å²) in [6, 6.07) is 9.30. The van der Waals surface area contributed by atoms with Gasteiger partial charge < -0.3 is 9.47 Å². The Labute approximate surface area is 111 Å². The molecule has 0 saturated heterocycles. The maximum Gasteiger partial charge on any atom is 0.358 e. The third-order valence-corrected chi connectivity index (χ3v) is 2.75. The van der Waals surface area contributed by atoms with Gasteiger partial charge in [-0.15, -0.1) is 0 Å². The zero-order valence-electron chi connectivity index (χ0n) is 11.2. The van der Waals surface area contributed by atoms with Gasteiger partial charge in [-0.2, -0.15) is 5.10 Å². The fraction of sp³-hybridized carbons (Fsp3) is 0.286. The summed E-state index contributed by atoms with van der Waals surface area (Å²) < 4.78 is 11.7. The van der Waals surface area contributed by atoms with Crippen LogP contribution in [0.1, 0.15) is 17.4 Å². The molecule has 0 aliphatic rings. The number of rotatable bonds is 4. The van der Waals surface area contributed by atoms with Gasteiger partial charge in [0.2, 0.25) is 0 Å². The molecule has 0 fully saturated rings. The predicted molar refractivity (Wildman–Crippen MR) is 71.2 cm³/mol. The van der Waals surface area contributed by atoms with Gasteiger partial charge in [0, 0.05) is 12.6 Å². The molecule has 1 aromatic carbocycles. The van der Waals surface area contributed by atoms with Crippen LogP contribution < -0.4 is 4.74 Å². The standard InChI is InChI=1S/C14H16N2O3/c1-4-19-14(17)12-9-13(16(2)15-12)10-5-7-11(18-3)8-6-10/h5-9H,4H2,1-3H3. The van der Waals surface area contributed by atoms with Crippen molar-refractivity contribution < 1.29 is 14.3 Å². The highest BCUT2D eigenvalue weighted by Crippen LogP contribution is 2.22. The van der Waals surface area contributed by atoms with Gasteiger partial charge in [0.15, 0.2) is 5.69 Å². The number of nitrogens with zero attached hydrogens (tertiary/aromatic N) is 2. The summed E-state index contributed by atoms with van der Waals surface area (Å²) in [4.78, 5) is 11.6. The molecule has 5 heteroatoms. The summed E-state index contributed by atoms with van der Waals surface area (Å²) in [5.41, 5.74) is 2.13. The van der Waals surface area contributed by atoms with Crippen molar-refractivity contribution in [2.24, 2.45) is 7.05 Å². The Balaban J connectivity index is 2.31. The minimum absolute atomic E-state index is 0.315. The van der Waals surface area contributed by atoms with Crippen LogP contribution in [0.2, 0.25) is 0 Å². The summed E-state index contributed by atoms with van der Waals surface area (Å²) in [5.74, 6) is 0.384. The first kappa shape index (κ1) is 13.1. The minimum Gasteiger partial charge on any atom is -0.497 e. The van der Waals surface area contributed by atoms with Crippen molar-refractivity contribution in [3.63, 3.8) is 0 Å². The van der Waals surface area contributed by atoms with Gasteiger partial charge in [-0.25, -0.2) is 4.79 Å². The molecule has 1 heterocycles. The van der Waals surface area contributed by atoms with Crippen molar-refractivity contribution in [3.8, 4) is 17.0 Å². The van der Waals surface area contributed by atoms with E-state index in [1.165, 1.54) is 0 Å². The first-order chi connectivity index (χ1) is 9.15. The fourth-order valence-corrected chi connectivity index (χ4v) is 1.80. The van der Waals surface area contributed by atoms with E-state index in [1.54, 1.807) is 31.8 Å². The summed E-state index contributed by atoms with van der Waals surface area (Å²) >= 11 is 0. The first-order valence-electron chi connectivity index (χ1n) is 6.01. The molecule has 100 valence electrons. The zero-order valence-corrected chi connectivity index (χ0v) is 11.2. The molecule has 0 amide bonds. The molecule has 2 aromatic rings. The summed E-state index contributed by atoms with van der Waals surface area (Å²) in [6.07, 6.45) is 0. The summed E-state index contributed by atoms with van der Waals surface area (Å²) in [5, 5.41) is 4.16. The lowest BCUT2D eigenvalue weighted by Crippen LogP contribution is -2.05. The number of carbonyl (C=O) groups excluding carboxylic acids is 1. The molecule has 1 aromatic heterocycles. The highest BCUT2D eigenvalue weighted by atomic mass is 16.5. The smallest absolute Gasteiger partial charge is 0.358 e. The Bertz CT molecular complexity index is 573. The monoisotopic (exact) mass is 260 g/mol. The van der Waals surface area contributed by atoms with Gasteiger partial charge in [-0.1, -0.05) is 0 Å². The van der Waals surface area contributed by atoms with Crippen LogP contribution in [0.4, 0.5) is 0 Å². The van der Waals surface area contributed by atoms with E-state index in [0.717, 1.165) is 17.0 Å². The van der Waals surface area contributed by atoms with Crippen LogP contribution in [0.3, 0.4) is 0 Å². The van der Waals surface area contributed by atoms with Crippen LogP contribution in [-0.2, 0) is 11.8 Å². The first-order valence-corrected chi connectivity index (χ1v) is 6.01. The molecule has 0 bridgehead atoms. The molecule has 19 heavy (non-hydrogen) atoms. The van der Waals surface area contributed by atoms with E-state index in [0.29, 0.717) is 12.3 Å². The number of aryl methyl sites for hydroxylation is 1. The van der Waals surface area contributed by atoms with E-state index in [1.807, 2.05) is 24.3 Å². The molecule has 0 saturated carbocycles. The summed E-state index contributed by atoms with van der Waals surface area (Å²) in [7, 11) is 3.42. The summed E-state index contributed by atoms with van der Waals surface area (Å²) in [6.45, 7) is 2.11. The van der Waals surface area contributed by atoms with Crippen LogP contribution in [0, 0.1) is 0 Å². The third kappa shape index (κ3) is 2.76. The van der Waals surface area contributed by atoms with E-state index < -0.39 is 5.97 Å². The number of ether oxygens (including phenoxy) is 2. The molecule has 0 aliphatic heterocycles. The highest BCUT2D eigenvalue weighted by Gasteiger charge is 2.14. The Kier molecular flexibility index (Phi) is 3.85. The van der Waals surface area contributed by atoms with Gasteiger partial charge in [-0.05, 0) is 37.3 Å². The maximum absolute atomic E-state index is 11.6. The normalized spacial score (nSPS) is 10.3. The SMILES string of the molecule is CCOC(=O)c1cc(-c2ccc(OC)cc2)n(C)n1. The van der Waals surface area contributed by atoms with E-state index in [9.17, 15) is 4.79 Å². The van der Waals surface area contributed by atoms with E-state index in [-0.39, 0.29) is 0 Å². The predicted octanol–water partition coefficient (Wildman–Crippen LogP) is 2.27. The van der Waals surface area contributed by atoms with Crippen LogP contribution in [0.25, 0.3) is 11.3 Å². The van der Waals surface area contributed by atoms with Crippen molar-refractivity contribution in [2.45, 2.75) is 6.92 Å². The number of aromatic nitrogens is 2. The number of hydrogen-bond donors (Lipinski definition) is 0. The van der Waals surface area contributed by atoms with Crippen LogP contribution >= 0.6 is 0 Å². The van der Waals surface area contributed by atoms with Gasteiger partial charge in [0.05, 0.1) is 19.4 Å². The van der Waals surface area contributed by atoms with Crippen molar-refractivity contribution in [2.75, 3.05) is 13.7 Å². The second-order valence-corrected chi connectivity index (χ2v) is 3.99. The second-order valence-electron chi connectivity index (χ2n) is 3.99. The van der Waals surface area contributed by atoms with Crippen molar-refractivity contribution in [1.29, 1.82) is 0 Å². The maximum atomic E-state index is 11.6. The molecule has 0 radical (unpaired) electrons. The van der Waals surface area contributed by atoms with Crippen molar-refractivity contribution in [1.82, 2.24) is 9.78 Å². The fourth-order valence-electron chi connectivity index (χ4n) is 1.80. The average molecular weight is 260 g/mol. The van der Waals surface area contributed by atoms with E-state index in [2.05, 4.69) is 5.10 Å². The number of benzene rings is 1. The molecule has 0 unspecified atom stereocenters. The molecule has 0 spiro atoms. The molecular weight excluding hydrogens is 244 g/mol. The topological polar surface area (TPSA) is 53.4 Å². The lowest BCUT2D eigenvalue weighted by Gasteiger charge is -2.03. The Morgan fingerprint density at radius 1 is 1.32 bits per heavy atom. The number of esters is 1. The molecule has 5 nitrogen and oxygen atoms in total. The Morgan fingerprint density at radius 3 is 2.58 bits per heavy atom. The Hall–Kier alpha value is -2.30. The quantitative estimate of drug-likeness (QED) is 0.791. The van der Waals surface area contributed by atoms with Crippen LogP contribution in [0.15, 0.2) is 30.3 Å². The number of carbonyl (C=O) groups is 1. The van der Waals surface area contributed by atoms with Crippen molar-refractivity contribution in [3.05, 3.63) is 36.0 Å². The number of hydrogen-bond acceptors (Lipinski definition) is 4. The third-order valence-electron chi connectivity index (χ3n) is 2.75. The molecule has 0 aliphatic carbocycles. The lowest BCUT2D eigenvalue weighted by atomic mass is 10.1. The van der Waals surface area contributed by atoms with Crippen LogP contribution in [0.5, 0.6) is 5.75 Å².